The molecule has 0 radical (unpaired) electrons. The zero-order valence-corrected chi connectivity index (χ0v) is 18.1. The number of phenolic OH excluding ortho intramolecular Hbond substituents is 1. The van der Waals surface area contributed by atoms with Crippen LogP contribution in [0.15, 0.2) is 65.4 Å². The number of para-hydroxylation sites is 1. The van der Waals surface area contributed by atoms with Crippen LogP contribution in [0.5, 0.6) is 11.5 Å². The Labute approximate surface area is 187 Å². The van der Waals surface area contributed by atoms with Crippen LogP contribution in [0, 0.1) is 11.3 Å². The number of hydrogen-bond acceptors (Lipinski definition) is 8. The maximum Gasteiger partial charge on any atom is 0.195 e. The molecule has 0 amide bonds. The average Bonchev–Trinajstić information content (AvgIpc) is 3.47. The summed E-state index contributed by atoms with van der Waals surface area (Å²) in [6.45, 7) is 0. The third kappa shape index (κ3) is 4.77. The number of hydrogen-bond donors (Lipinski definition) is 1. The Balaban J connectivity index is 1.50. The van der Waals surface area contributed by atoms with E-state index in [1.807, 2.05) is 40.3 Å². The molecule has 0 aliphatic carbocycles. The van der Waals surface area contributed by atoms with Crippen molar-refractivity contribution in [3.05, 3.63) is 76.5 Å². The molecule has 1 N–H and O–H groups in total. The minimum Gasteiger partial charge on any atom is -0.504 e. The van der Waals surface area contributed by atoms with Crippen LogP contribution in [-0.4, -0.2) is 32.0 Å². The number of aromatic hydroxyl groups is 1. The Bertz CT molecular complexity index is 1260. The van der Waals surface area contributed by atoms with E-state index in [1.165, 1.54) is 36.3 Å². The van der Waals surface area contributed by atoms with Crippen molar-refractivity contribution < 1.29 is 9.84 Å². The summed E-state index contributed by atoms with van der Waals surface area (Å²) in [4.78, 5) is 4.61. The van der Waals surface area contributed by atoms with Crippen molar-refractivity contribution in [1.82, 2.24) is 19.7 Å². The minimum absolute atomic E-state index is 0.0510. The highest BCUT2D eigenvalue weighted by Gasteiger charge is 2.12. The van der Waals surface area contributed by atoms with Crippen molar-refractivity contribution in [1.29, 1.82) is 5.26 Å². The predicted octanol–water partition coefficient (Wildman–Crippen LogP) is 4.79. The molecule has 0 aliphatic rings. The monoisotopic (exact) mass is 447 g/mol. The van der Waals surface area contributed by atoms with Crippen molar-refractivity contribution in [2.24, 2.45) is 0 Å². The van der Waals surface area contributed by atoms with Gasteiger partial charge in [0, 0.05) is 16.8 Å². The van der Waals surface area contributed by atoms with Crippen LogP contribution in [-0.2, 0) is 5.75 Å². The number of thioether (sulfide) groups is 1. The summed E-state index contributed by atoms with van der Waals surface area (Å²) in [6, 6.07) is 17.0. The first-order chi connectivity index (χ1) is 15.2. The van der Waals surface area contributed by atoms with E-state index in [0.29, 0.717) is 22.1 Å². The van der Waals surface area contributed by atoms with Gasteiger partial charge in [0.1, 0.15) is 17.4 Å². The highest BCUT2D eigenvalue weighted by atomic mass is 32.2. The van der Waals surface area contributed by atoms with Crippen LogP contribution in [0.2, 0.25) is 0 Å². The summed E-state index contributed by atoms with van der Waals surface area (Å²) in [5.74, 6) is 1.01. The predicted molar refractivity (Wildman–Crippen MR) is 121 cm³/mol. The molecule has 0 saturated carbocycles. The van der Waals surface area contributed by atoms with E-state index < -0.39 is 0 Å². The highest BCUT2D eigenvalue weighted by molar-refractivity contribution is 7.98. The lowest BCUT2D eigenvalue weighted by atomic mass is 10.1. The number of methoxy groups -OCH3 is 1. The first-order valence-corrected chi connectivity index (χ1v) is 11.1. The zero-order chi connectivity index (χ0) is 21.6. The molecule has 2 heterocycles. The maximum absolute atomic E-state index is 9.74. The summed E-state index contributed by atoms with van der Waals surface area (Å²) in [5, 5.41) is 30.9. The fraction of sp³-hybridized carbons (Fsp3) is 0.0909. The molecule has 2 aromatic heterocycles. The molecule has 0 atom stereocenters. The van der Waals surface area contributed by atoms with Gasteiger partial charge in [0.25, 0.3) is 0 Å². The van der Waals surface area contributed by atoms with Gasteiger partial charge < -0.3 is 9.84 Å². The molecule has 0 bridgehead atoms. The van der Waals surface area contributed by atoms with Gasteiger partial charge in [-0.05, 0) is 35.9 Å². The molecule has 9 heteroatoms. The smallest absolute Gasteiger partial charge is 0.195 e. The number of rotatable bonds is 7. The van der Waals surface area contributed by atoms with Crippen molar-refractivity contribution >= 4 is 34.7 Å². The molecule has 2 aromatic carbocycles. The van der Waals surface area contributed by atoms with Crippen LogP contribution in [0.4, 0.5) is 0 Å². The van der Waals surface area contributed by atoms with Gasteiger partial charge in [-0.15, -0.1) is 21.5 Å². The Morgan fingerprint density at radius 1 is 1.29 bits per heavy atom. The van der Waals surface area contributed by atoms with Crippen LogP contribution in [0.3, 0.4) is 0 Å². The second kappa shape index (κ2) is 9.47. The lowest BCUT2D eigenvalue weighted by molar-refractivity contribution is 0.373. The first kappa shape index (κ1) is 20.7. The van der Waals surface area contributed by atoms with E-state index in [1.54, 1.807) is 24.5 Å². The molecule has 31 heavy (non-hydrogen) atoms. The van der Waals surface area contributed by atoms with Crippen molar-refractivity contribution in [3.63, 3.8) is 0 Å². The van der Waals surface area contributed by atoms with E-state index in [9.17, 15) is 10.4 Å². The summed E-state index contributed by atoms with van der Waals surface area (Å²) in [5.41, 5.74) is 3.04. The number of thiazole rings is 1. The van der Waals surface area contributed by atoms with E-state index in [0.717, 1.165) is 22.1 Å². The average molecular weight is 448 g/mol. The fourth-order valence-electron chi connectivity index (χ4n) is 2.82. The molecule has 0 fully saturated rings. The molecule has 0 saturated heterocycles. The normalized spacial score (nSPS) is 11.3. The molecule has 154 valence electrons. The van der Waals surface area contributed by atoms with Crippen LogP contribution < -0.4 is 4.74 Å². The van der Waals surface area contributed by atoms with Crippen LogP contribution in [0.25, 0.3) is 17.3 Å². The lowest BCUT2D eigenvalue weighted by Crippen LogP contribution is -1.95. The summed E-state index contributed by atoms with van der Waals surface area (Å²) < 4.78 is 7.06. The Hall–Kier alpha value is -3.61. The second-order valence-electron chi connectivity index (χ2n) is 6.35. The molecule has 0 spiro atoms. The molecule has 7 nitrogen and oxygen atoms in total. The molecule has 0 aliphatic heterocycles. The molecule has 0 unspecified atom stereocenters. The van der Waals surface area contributed by atoms with E-state index >= 15 is 0 Å². The molecular weight excluding hydrogens is 430 g/mol. The zero-order valence-electron chi connectivity index (χ0n) is 16.5. The maximum atomic E-state index is 9.74. The van der Waals surface area contributed by atoms with Crippen LogP contribution in [0.1, 0.15) is 16.3 Å². The Kier molecular flexibility index (Phi) is 6.31. The quantitative estimate of drug-likeness (QED) is 0.321. The first-order valence-electron chi connectivity index (χ1n) is 9.19. The number of allylic oxidation sites excluding steroid dienone is 1. The standard InChI is InChI=1S/C22H17N5O2S2/c1-29-20-10-15(7-8-19(20)28)9-16(11-23)21-25-17(12-30-21)13-31-22-26-24-14-27(22)18-5-3-2-4-6-18/h2-10,12,14,28H,13H2,1H3/b16-9+. The van der Waals surface area contributed by atoms with Gasteiger partial charge in [0.15, 0.2) is 16.7 Å². The number of nitrogens with zero attached hydrogens (tertiary/aromatic N) is 5. The van der Waals surface area contributed by atoms with Crippen molar-refractivity contribution in [2.75, 3.05) is 7.11 Å². The number of benzene rings is 2. The van der Waals surface area contributed by atoms with Crippen molar-refractivity contribution in [2.45, 2.75) is 10.9 Å². The largest absolute Gasteiger partial charge is 0.504 e. The molecule has 4 rings (SSSR count). The number of nitriles is 1. The topological polar surface area (TPSA) is 96.9 Å². The SMILES string of the molecule is COc1cc(/C=C(\C#N)c2nc(CSc3nncn3-c3ccccc3)cs2)ccc1O. The third-order valence-electron chi connectivity index (χ3n) is 4.32. The van der Waals surface area contributed by atoms with E-state index in [2.05, 4.69) is 21.3 Å². The minimum atomic E-state index is 0.0510. The van der Waals surface area contributed by atoms with Gasteiger partial charge >= 0.3 is 0 Å². The van der Waals surface area contributed by atoms with Crippen molar-refractivity contribution in [3.8, 4) is 23.3 Å². The second-order valence-corrected chi connectivity index (χ2v) is 8.15. The summed E-state index contributed by atoms with van der Waals surface area (Å²) in [7, 11) is 1.48. The van der Waals surface area contributed by atoms with Gasteiger partial charge in [-0.25, -0.2) is 4.98 Å². The summed E-state index contributed by atoms with van der Waals surface area (Å²) in [6.07, 6.45) is 3.41. The molecular formula is C22H17N5O2S2. The third-order valence-corrected chi connectivity index (χ3v) is 6.22. The Morgan fingerprint density at radius 2 is 2.13 bits per heavy atom. The van der Waals surface area contributed by atoms with Gasteiger partial charge in [-0.3, -0.25) is 4.57 Å². The summed E-state index contributed by atoms with van der Waals surface area (Å²) >= 11 is 2.95. The lowest BCUT2D eigenvalue weighted by Gasteiger charge is -2.05. The highest BCUT2D eigenvalue weighted by Crippen LogP contribution is 2.30. The van der Waals surface area contributed by atoms with Gasteiger partial charge in [-0.2, -0.15) is 5.26 Å². The van der Waals surface area contributed by atoms with E-state index in [4.69, 9.17) is 4.74 Å². The number of phenols is 1. The number of aromatic nitrogens is 4. The van der Waals surface area contributed by atoms with Gasteiger partial charge in [-0.1, -0.05) is 36.0 Å². The van der Waals surface area contributed by atoms with Crippen LogP contribution >= 0.6 is 23.1 Å². The van der Waals surface area contributed by atoms with E-state index in [-0.39, 0.29) is 5.75 Å². The van der Waals surface area contributed by atoms with Gasteiger partial charge in [0.2, 0.25) is 0 Å². The Morgan fingerprint density at radius 3 is 2.90 bits per heavy atom. The number of ether oxygens (including phenoxy) is 1. The van der Waals surface area contributed by atoms with Gasteiger partial charge in [0.05, 0.1) is 18.4 Å². The molecule has 4 aromatic rings. The fourth-order valence-corrected chi connectivity index (χ4v) is 4.53.